The van der Waals surface area contributed by atoms with Gasteiger partial charge in [0.05, 0.1) is 0 Å². The fourth-order valence-electron chi connectivity index (χ4n) is 1.50. The number of aromatic nitrogens is 1. The molecule has 0 unspecified atom stereocenters. The Morgan fingerprint density at radius 2 is 2.11 bits per heavy atom. The molecule has 0 spiro atoms. The van der Waals surface area contributed by atoms with Gasteiger partial charge in [0, 0.05) is 33.9 Å². The molecule has 18 heavy (non-hydrogen) atoms. The van der Waals surface area contributed by atoms with Crippen LogP contribution in [0.3, 0.4) is 0 Å². The Morgan fingerprint density at radius 1 is 1.33 bits per heavy atom. The van der Waals surface area contributed by atoms with E-state index in [9.17, 15) is 9.18 Å². The molecule has 0 atom stereocenters. The van der Waals surface area contributed by atoms with Gasteiger partial charge in [-0.15, -0.1) is 0 Å². The van der Waals surface area contributed by atoms with Gasteiger partial charge in [0.15, 0.2) is 5.78 Å². The van der Waals surface area contributed by atoms with E-state index in [4.69, 9.17) is 11.6 Å². The number of carbonyl (C=O) groups excluding carboxylic acids is 1. The fraction of sp³-hybridized carbons (Fsp3) is 0.0769. The van der Waals surface area contributed by atoms with Gasteiger partial charge in [-0.05, 0) is 39.7 Å². The minimum absolute atomic E-state index is 0.0128. The minimum atomic E-state index is -0.473. The molecule has 0 fully saturated rings. The second-order valence-corrected chi connectivity index (χ2v) is 5.08. The van der Waals surface area contributed by atoms with Gasteiger partial charge in [-0.3, -0.25) is 9.78 Å². The van der Waals surface area contributed by atoms with E-state index in [2.05, 4.69) is 20.9 Å². The molecule has 0 saturated heterocycles. The van der Waals surface area contributed by atoms with Crippen molar-refractivity contribution in [2.45, 2.75) is 6.42 Å². The summed E-state index contributed by atoms with van der Waals surface area (Å²) in [5.41, 5.74) is 0.767. The Kier molecular flexibility index (Phi) is 4.09. The summed E-state index contributed by atoms with van der Waals surface area (Å²) in [7, 11) is 0. The largest absolute Gasteiger partial charge is 0.294 e. The van der Waals surface area contributed by atoms with E-state index in [0.717, 1.165) is 0 Å². The molecule has 2 nitrogen and oxygen atoms in total. The highest BCUT2D eigenvalue weighted by molar-refractivity contribution is 9.10. The second-order valence-electron chi connectivity index (χ2n) is 3.73. The number of rotatable bonds is 3. The van der Waals surface area contributed by atoms with Crippen molar-refractivity contribution in [3.63, 3.8) is 0 Å². The van der Waals surface area contributed by atoms with Crippen LogP contribution in [-0.4, -0.2) is 10.8 Å². The first-order chi connectivity index (χ1) is 8.56. The third-order valence-electron chi connectivity index (χ3n) is 2.39. The summed E-state index contributed by atoms with van der Waals surface area (Å²) in [6.07, 6.45) is 3.03. The topological polar surface area (TPSA) is 30.0 Å². The number of hydrogen-bond acceptors (Lipinski definition) is 2. The number of benzene rings is 1. The van der Waals surface area contributed by atoms with Crippen LogP contribution in [0, 0.1) is 5.82 Å². The number of Topliss-reactive ketones (excluding diaryl/α,β-unsaturated/α-hetero) is 1. The molecule has 1 heterocycles. The van der Waals surface area contributed by atoms with E-state index in [1.54, 1.807) is 18.3 Å². The highest BCUT2D eigenvalue weighted by Gasteiger charge is 2.11. The number of ketones is 1. The molecule has 2 aromatic rings. The Bertz CT molecular complexity index is 603. The third-order valence-corrected chi connectivity index (χ3v) is 3.06. The first-order valence-electron chi connectivity index (χ1n) is 5.14. The number of halogens is 3. The smallest absolute Gasteiger partial charge is 0.168 e. The molecule has 0 saturated carbocycles. The number of carbonyl (C=O) groups is 1. The maximum absolute atomic E-state index is 13.5. The van der Waals surface area contributed by atoms with Crippen LogP contribution >= 0.6 is 27.5 Å². The van der Waals surface area contributed by atoms with Gasteiger partial charge in [0.25, 0.3) is 0 Å². The summed E-state index contributed by atoms with van der Waals surface area (Å²) < 4.78 is 14.3. The average Bonchev–Trinajstić information content (AvgIpc) is 2.32. The fourth-order valence-corrected chi connectivity index (χ4v) is 2.03. The summed E-state index contributed by atoms with van der Waals surface area (Å²) in [6, 6.07) is 5.93. The van der Waals surface area contributed by atoms with Crippen LogP contribution in [0.4, 0.5) is 4.39 Å². The Balaban J connectivity index is 2.21. The quantitative estimate of drug-likeness (QED) is 0.795. The summed E-state index contributed by atoms with van der Waals surface area (Å²) >= 11 is 8.88. The Labute approximate surface area is 117 Å². The van der Waals surface area contributed by atoms with E-state index in [-0.39, 0.29) is 12.2 Å². The zero-order chi connectivity index (χ0) is 13.1. The molecule has 92 valence electrons. The molecule has 0 aliphatic carbocycles. The van der Waals surface area contributed by atoms with Crippen LogP contribution in [0.1, 0.15) is 15.9 Å². The van der Waals surface area contributed by atoms with Crippen molar-refractivity contribution in [1.82, 2.24) is 4.98 Å². The maximum atomic E-state index is 13.5. The first-order valence-corrected chi connectivity index (χ1v) is 6.31. The van der Waals surface area contributed by atoms with Crippen molar-refractivity contribution >= 4 is 33.3 Å². The van der Waals surface area contributed by atoms with Gasteiger partial charge in [0.2, 0.25) is 0 Å². The van der Waals surface area contributed by atoms with Crippen LogP contribution in [0.15, 0.2) is 41.1 Å². The zero-order valence-electron chi connectivity index (χ0n) is 9.16. The standard InChI is InChI=1S/C13H8BrClFNO/c14-10-3-9(6-17-7-10)13(18)4-8-1-2-11(15)5-12(8)16/h1-3,5-7H,4H2. The lowest BCUT2D eigenvalue weighted by atomic mass is 10.0. The van der Waals surface area contributed by atoms with Crippen molar-refractivity contribution in [2.75, 3.05) is 0 Å². The van der Waals surface area contributed by atoms with Gasteiger partial charge in [-0.1, -0.05) is 17.7 Å². The lowest BCUT2D eigenvalue weighted by molar-refractivity contribution is 0.0991. The highest BCUT2D eigenvalue weighted by Crippen LogP contribution is 2.17. The molecule has 0 amide bonds. The molecular formula is C13H8BrClFNO. The van der Waals surface area contributed by atoms with Gasteiger partial charge in [0.1, 0.15) is 5.82 Å². The van der Waals surface area contributed by atoms with Crippen molar-refractivity contribution < 1.29 is 9.18 Å². The molecule has 1 aromatic heterocycles. The van der Waals surface area contributed by atoms with Crippen molar-refractivity contribution in [3.8, 4) is 0 Å². The average molecular weight is 329 g/mol. The summed E-state index contributed by atoms with van der Waals surface area (Å²) in [5, 5.41) is 0.313. The maximum Gasteiger partial charge on any atom is 0.168 e. The lowest BCUT2D eigenvalue weighted by Crippen LogP contribution is -2.05. The summed E-state index contributed by atoms with van der Waals surface area (Å²) in [4.78, 5) is 15.8. The van der Waals surface area contributed by atoms with Gasteiger partial charge < -0.3 is 0 Å². The van der Waals surface area contributed by atoms with E-state index in [1.165, 1.54) is 18.3 Å². The Morgan fingerprint density at radius 3 is 2.78 bits per heavy atom. The lowest BCUT2D eigenvalue weighted by Gasteiger charge is -2.03. The normalized spacial score (nSPS) is 10.4. The van der Waals surface area contributed by atoms with Crippen LogP contribution in [0.25, 0.3) is 0 Å². The van der Waals surface area contributed by atoms with Crippen molar-refractivity contribution in [2.24, 2.45) is 0 Å². The summed E-state index contributed by atoms with van der Waals surface area (Å²) in [5.74, 6) is -0.663. The Hall–Kier alpha value is -1.26. The van der Waals surface area contributed by atoms with E-state index >= 15 is 0 Å². The number of hydrogen-bond donors (Lipinski definition) is 0. The molecule has 5 heteroatoms. The monoisotopic (exact) mass is 327 g/mol. The van der Waals surface area contributed by atoms with Crippen LogP contribution in [0.2, 0.25) is 5.02 Å². The van der Waals surface area contributed by atoms with Gasteiger partial charge in [-0.25, -0.2) is 4.39 Å². The molecule has 0 bridgehead atoms. The molecule has 0 aliphatic heterocycles. The molecule has 2 rings (SSSR count). The molecular weight excluding hydrogens is 321 g/mol. The third kappa shape index (κ3) is 3.15. The van der Waals surface area contributed by atoms with Crippen LogP contribution in [-0.2, 0) is 6.42 Å². The predicted molar refractivity (Wildman–Crippen MR) is 71.4 cm³/mol. The zero-order valence-corrected chi connectivity index (χ0v) is 11.5. The van der Waals surface area contributed by atoms with Crippen LogP contribution in [0.5, 0.6) is 0 Å². The number of pyridine rings is 1. The predicted octanol–water partition coefficient (Wildman–Crippen LogP) is 4.06. The molecule has 0 radical (unpaired) electrons. The van der Waals surface area contributed by atoms with Gasteiger partial charge >= 0.3 is 0 Å². The SMILES string of the molecule is O=C(Cc1ccc(Cl)cc1F)c1cncc(Br)c1. The van der Waals surface area contributed by atoms with Crippen molar-refractivity contribution in [1.29, 1.82) is 0 Å². The second kappa shape index (κ2) is 5.59. The van der Waals surface area contributed by atoms with E-state index in [0.29, 0.717) is 20.6 Å². The molecule has 0 aliphatic rings. The minimum Gasteiger partial charge on any atom is -0.294 e. The van der Waals surface area contributed by atoms with Gasteiger partial charge in [-0.2, -0.15) is 0 Å². The van der Waals surface area contributed by atoms with Crippen molar-refractivity contribution in [3.05, 3.63) is 63.1 Å². The summed E-state index contributed by atoms with van der Waals surface area (Å²) in [6.45, 7) is 0. The van der Waals surface area contributed by atoms with Crippen LogP contribution < -0.4 is 0 Å². The van der Waals surface area contributed by atoms with E-state index < -0.39 is 5.82 Å². The highest BCUT2D eigenvalue weighted by atomic mass is 79.9. The number of nitrogens with zero attached hydrogens (tertiary/aromatic N) is 1. The molecule has 0 N–H and O–H groups in total. The first kappa shape index (κ1) is 13.2. The molecule has 1 aromatic carbocycles. The van der Waals surface area contributed by atoms with E-state index in [1.807, 2.05) is 0 Å².